The first kappa shape index (κ1) is 32.7. The third-order valence-electron chi connectivity index (χ3n) is 11.5. The van der Waals surface area contributed by atoms with E-state index >= 15 is 0 Å². The van der Waals surface area contributed by atoms with Crippen LogP contribution in [0.15, 0.2) is 187 Å². The number of hydrogen-bond donors (Lipinski definition) is 2. The Labute approximate surface area is 337 Å². The molecule has 0 bridgehead atoms. The fourth-order valence-corrected chi connectivity index (χ4v) is 11.2. The Balaban J connectivity index is 1.00. The van der Waals surface area contributed by atoms with E-state index in [1.54, 1.807) is 0 Å². The fraction of sp³-hybridized carbons (Fsp3) is 0.0392. The van der Waals surface area contributed by atoms with E-state index in [-0.39, 0.29) is 12.3 Å². The van der Waals surface area contributed by atoms with Crippen molar-refractivity contribution in [3.63, 3.8) is 0 Å². The van der Waals surface area contributed by atoms with Gasteiger partial charge in [0, 0.05) is 62.4 Å². The second-order valence-corrected chi connectivity index (χ2v) is 16.9. The molecule has 0 radical (unpaired) electrons. The minimum atomic E-state index is -0.213. The van der Waals surface area contributed by atoms with Gasteiger partial charge in [0.25, 0.3) is 0 Å². The smallest absolute Gasteiger partial charge is 0.131 e. The van der Waals surface area contributed by atoms with Gasteiger partial charge in [-0.2, -0.15) is 0 Å². The van der Waals surface area contributed by atoms with Gasteiger partial charge in [0.15, 0.2) is 0 Å². The Morgan fingerprint density at radius 2 is 1.09 bits per heavy atom. The average molecular weight is 767 g/mol. The Hall–Kier alpha value is -6.57. The van der Waals surface area contributed by atoms with Gasteiger partial charge in [-0.3, -0.25) is 5.32 Å². The molecule has 0 saturated carbocycles. The third-order valence-corrected chi connectivity index (χ3v) is 13.7. The van der Waals surface area contributed by atoms with Crippen molar-refractivity contribution in [2.24, 2.45) is 4.99 Å². The molecule has 8 aromatic carbocycles. The molecule has 4 heterocycles. The Kier molecular flexibility index (Phi) is 7.45. The summed E-state index contributed by atoms with van der Waals surface area (Å²) >= 11 is 3.74. The van der Waals surface area contributed by atoms with Crippen LogP contribution in [0.4, 0.5) is 0 Å². The van der Waals surface area contributed by atoms with Gasteiger partial charge in [-0.25, -0.2) is 4.99 Å². The van der Waals surface area contributed by atoms with Crippen LogP contribution in [0.3, 0.4) is 0 Å². The molecular weight excluding hydrogens is 733 g/mol. The minimum Gasteiger partial charge on any atom is -0.350 e. The maximum Gasteiger partial charge on any atom is 0.131 e. The molecule has 4 nitrogen and oxygen atoms in total. The molecule has 57 heavy (non-hydrogen) atoms. The highest BCUT2D eigenvalue weighted by Gasteiger charge is 2.26. The summed E-state index contributed by atoms with van der Waals surface area (Å²) in [5.74, 6) is 0.893. The number of para-hydroxylation sites is 2. The van der Waals surface area contributed by atoms with E-state index in [0.29, 0.717) is 0 Å². The number of amidine groups is 1. The normalized spacial score (nSPS) is 15.9. The molecule has 2 N–H and O–H groups in total. The third kappa shape index (κ3) is 5.26. The summed E-state index contributed by atoms with van der Waals surface area (Å²) in [6.07, 6.45) is -0.291. The van der Waals surface area contributed by atoms with E-state index in [9.17, 15) is 0 Å². The summed E-state index contributed by atoms with van der Waals surface area (Å²) in [5.41, 5.74) is 9.58. The number of benzene rings is 8. The monoisotopic (exact) mass is 766 g/mol. The molecule has 3 aromatic heterocycles. The maximum atomic E-state index is 5.24. The van der Waals surface area contributed by atoms with Crippen LogP contribution in [-0.2, 0) is 0 Å². The van der Waals surface area contributed by atoms with Crippen LogP contribution in [0.25, 0.3) is 79.0 Å². The molecule has 0 amide bonds. The van der Waals surface area contributed by atoms with E-state index < -0.39 is 0 Å². The van der Waals surface area contributed by atoms with Crippen LogP contribution in [0.1, 0.15) is 29.0 Å². The SMILES string of the molecule is c1ccc(C2=NC(c3ccc4c(c3)sc3cccc(-c5cccc6sc7ccc(-n8c9ccccc9c9ccccc98)cc7c56)c34)NC(c3ccccc3)N2)cc1. The van der Waals surface area contributed by atoms with Gasteiger partial charge in [-0.1, -0.05) is 133 Å². The summed E-state index contributed by atoms with van der Waals surface area (Å²) in [7, 11) is 0. The lowest BCUT2D eigenvalue weighted by molar-refractivity contribution is 0.409. The van der Waals surface area contributed by atoms with Gasteiger partial charge in [0.1, 0.15) is 18.2 Å². The lowest BCUT2D eigenvalue weighted by Gasteiger charge is -2.32. The van der Waals surface area contributed by atoms with Crippen LogP contribution >= 0.6 is 22.7 Å². The zero-order chi connectivity index (χ0) is 37.5. The van der Waals surface area contributed by atoms with Gasteiger partial charge in [-0.05, 0) is 70.8 Å². The number of thiophene rings is 2. The molecule has 0 aliphatic carbocycles. The Morgan fingerprint density at radius 1 is 0.456 bits per heavy atom. The van der Waals surface area contributed by atoms with E-state index in [1.165, 1.54) is 84.5 Å². The van der Waals surface area contributed by atoms with Crippen molar-refractivity contribution in [2.45, 2.75) is 12.3 Å². The van der Waals surface area contributed by atoms with Gasteiger partial charge in [0.05, 0.1) is 11.0 Å². The standard InChI is InChI=1S/C51H34N4S2/c1-3-13-31(14-4-1)49-52-50(32-15-5-2-6-16-32)54-51(53-49)33-25-27-39-46(29-33)57-44-23-11-19-37(47(39)44)38-20-12-24-45-48(38)40-30-34(26-28-43(40)56-45)55-41-21-9-7-17-35(41)36-18-8-10-22-42(36)55/h1-30,49,51,53H,(H,52,54). The highest BCUT2D eigenvalue weighted by Crippen LogP contribution is 2.46. The van der Waals surface area contributed by atoms with Crippen molar-refractivity contribution in [1.29, 1.82) is 0 Å². The van der Waals surface area contributed by atoms with Crippen molar-refractivity contribution in [3.05, 3.63) is 199 Å². The van der Waals surface area contributed by atoms with Crippen molar-refractivity contribution < 1.29 is 0 Å². The van der Waals surface area contributed by atoms with E-state index in [2.05, 4.69) is 191 Å². The Morgan fingerprint density at radius 3 is 1.81 bits per heavy atom. The molecule has 12 rings (SSSR count). The first-order valence-electron chi connectivity index (χ1n) is 19.4. The van der Waals surface area contributed by atoms with Crippen LogP contribution < -0.4 is 10.6 Å². The van der Waals surface area contributed by atoms with Crippen molar-refractivity contribution in [1.82, 2.24) is 15.2 Å². The van der Waals surface area contributed by atoms with E-state index in [4.69, 9.17) is 4.99 Å². The predicted octanol–water partition coefficient (Wildman–Crippen LogP) is 13.5. The quantitative estimate of drug-likeness (QED) is 0.183. The van der Waals surface area contributed by atoms with Crippen LogP contribution in [0, 0.1) is 0 Å². The maximum absolute atomic E-state index is 5.24. The highest BCUT2D eigenvalue weighted by atomic mass is 32.1. The average Bonchev–Trinajstić information content (AvgIpc) is 3.96. The summed E-state index contributed by atoms with van der Waals surface area (Å²) < 4.78 is 7.58. The van der Waals surface area contributed by atoms with E-state index in [1.807, 2.05) is 28.7 Å². The van der Waals surface area contributed by atoms with Gasteiger partial charge in [-0.15, -0.1) is 22.7 Å². The predicted molar refractivity (Wildman–Crippen MR) is 243 cm³/mol. The molecule has 11 aromatic rings. The van der Waals surface area contributed by atoms with Crippen molar-refractivity contribution in [2.75, 3.05) is 0 Å². The number of nitrogens with zero attached hydrogens (tertiary/aromatic N) is 2. The van der Waals surface area contributed by atoms with Crippen LogP contribution in [0.5, 0.6) is 0 Å². The summed E-state index contributed by atoms with van der Waals surface area (Å²) in [5, 5.41) is 15.2. The summed E-state index contributed by atoms with van der Waals surface area (Å²) in [6, 6.07) is 66.1. The van der Waals surface area contributed by atoms with Crippen LogP contribution in [0.2, 0.25) is 0 Å². The number of aliphatic imine (C=N–C) groups is 1. The molecule has 0 spiro atoms. The van der Waals surface area contributed by atoms with Crippen LogP contribution in [-0.4, -0.2) is 10.4 Å². The second-order valence-electron chi connectivity index (χ2n) is 14.8. The molecule has 6 heteroatoms. The number of nitrogens with one attached hydrogen (secondary N) is 2. The minimum absolute atomic E-state index is 0.0787. The first-order valence-corrected chi connectivity index (χ1v) is 21.0. The summed E-state index contributed by atoms with van der Waals surface area (Å²) in [4.78, 5) is 5.24. The molecular formula is C51H34N4S2. The first-order chi connectivity index (χ1) is 28.2. The lowest BCUT2D eigenvalue weighted by atomic mass is 9.95. The number of hydrogen-bond acceptors (Lipinski definition) is 5. The van der Waals surface area contributed by atoms with Gasteiger partial charge in [0.2, 0.25) is 0 Å². The molecule has 1 aliphatic heterocycles. The highest BCUT2D eigenvalue weighted by molar-refractivity contribution is 7.26. The second kappa shape index (κ2) is 13.0. The topological polar surface area (TPSA) is 41.4 Å². The zero-order valence-corrected chi connectivity index (χ0v) is 32.3. The molecule has 2 atom stereocenters. The number of fused-ring (bicyclic) bond motifs is 9. The van der Waals surface area contributed by atoms with Gasteiger partial charge >= 0.3 is 0 Å². The molecule has 2 unspecified atom stereocenters. The largest absolute Gasteiger partial charge is 0.350 e. The van der Waals surface area contributed by atoms with Crippen molar-refractivity contribution >= 4 is 90.7 Å². The van der Waals surface area contributed by atoms with E-state index in [0.717, 1.165) is 17.0 Å². The lowest BCUT2D eigenvalue weighted by Crippen LogP contribution is -2.44. The molecule has 270 valence electrons. The Bertz CT molecular complexity index is 3320. The zero-order valence-electron chi connectivity index (χ0n) is 30.7. The van der Waals surface area contributed by atoms with Crippen molar-refractivity contribution in [3.8, 4) is 16.8 Å². The molecule has 1 aliphatic rings. The summed E-state index contributed by atoms with van der Waals surface area (Å²) in [6.45, 7) is 0. The molecule has 0 saturated heterocycles. The van der Waals surface area contributed by atoms with Gasteiger partial charge < -0.3 is 9.88 Å². The molecule has 0 fully saturated rings. The number of aromatic nitrogens is 1. The number of rotatable bonds is 5. The fourth-order valence-electron chi connectivity index (χ4n) is 8.91.